The van der Waals surface area contributed by atoms with Gasteiger partial charge in [0.05, 0.1) is 6.54 Å². The topological polar surface area (TPSA) is 55.6 Å². The molecule has 1 amide bonds. The van der Waals surface area contributed by atoms with Gasteiger partial charge in [-0.25, -0.2) is 4.79 Å². The van der Waals surface area contributed by atoms with E-state index in [0.717, 1.165) is 23.4 Å². The zero-order valence-electron chi connectivity index (χ0n) is 8.69. The van der Waals surface area contributed by atoms with Crippen molar-refractivity contribution in [2.45, 2.75) is 13.3 Å². The Balaban J connectivity index is 2.29. The minimum Gasteiger partial charge on any atom is -0.447 e. The molecule has 1 saturated heterocycles. The number of ether oxygens (including phenoxy) is 1. The number of nitrogens with zero attached hydrogens (tertiary/aromatic N) is 1. The summed E-state index contributed by atoms with van der Waals surface area (Å²) in [5.74, 6) is 0. The lowest BCUT2D eigenvalue weighted by Gasteiger charge is -2.14. The van der Waals surface area contributed by atoms with Crippen LogP contribution in [-0.4, -0.2) is 19.2 Å². The SMILES string of the molecule is CCc1ccc(N2CCOC2=O)cc1N. The first-order valence-corrected chi connectivity index (χ1v) is 5.05. The number of carbonyl (C=O) groups excluding carboxylic acids is 1. The number of rotatable bonds is 2. The fraction of sp³-hybridized carbons (Fsp3) is 0.364. The highest BCUT2D eigenvalue weighted by Crippen LogP contribution is 2.24. The van der Waals surface area contributed by atoms with Gasteiger partial charge >= 0.3 is 6.09 Å². The molecule has 0 saturated carbocycles. The summed E-state index contributed by atoms with van der Waals surface area (Å²) in [6.45, 7) is 3.10. The predicted octanol–water partition coefficient (Wildman–Crippen LogP) is 1.79. The summed E-state index contributed by atoms with van der Waals surface area (Å²) in [5, 5.41) is 0. The van der Waals surface area contributed by atoms with Crippen molar-refractivity contribution in [3.63, 3.8) is 0 Å². The fourth-order valence-corrected chi connectivity index (χ4v) is 1.70. The lowest BCUT2D eigenvalue weighted by atomic mass is 10.1. The number of carbonyl (C=O) groups is 1. The molecule has 15 heavy (non-hydrogen) atoms. The molecule has 1 heterocycles. The number of nitrogens with two attached hydrogens (primary N) is 1. The van der Waals surface area contributed by atoms with Gasteiger partial charge in [0.2, 0.25) is 0 Å². The third kappa shape index (κ3) is 1.75. The van der Waals surface area contributed by atoms with E-state index in [9.17, 15) is 4.79 Å². The number of aryl methyl sites for hydroxylation is 1. The van der Waals surface area contributed by atoms with E-state index in [1.54, 1.807) is 4.90 Å². The van der Waals surface area contributed by atoms with Gasteiger partial charge in [-0.05, 0) is 24.1 Å². The third-order valence-corrected chi connectivity index (χ3v) is 2.58. The Morgan fingerprint density at radius 2 is 2.33 bits per heavy atom. The lowest BCUT2D eigenvalue weighted by Crippen LogP contribution is -2.23. The van der Waals surface area contributed by atoms with Crippen molar-refractivity contribution >= 4 is 17.5 Å². The molecule has 1 aromatic rings. The van der Waals surface area contributed by atoms with E-state index >= 15 is 0 Å². The van der Waals surface area contributed by atoms with Crippen LogP contribution in [0.15, 0.2) is 18.2 Å². The van der Waals surface area contributed by atoms with Crippen LogP contribution >= 0.6 is 0 Å². The molecule has 4 heteroatoms. The van der Waals surface area contributed by atoms with Crippen molar-refractivity contribution in [1.82, 2.24) is 0 Å². The van der Waals surface area contributed by atoms with E-state index in [1.165, 1.54) is 0 Å². The Kier molecular flexibility index (Phi) is 2.49. The highest BCUT2D eigenvalue weighted by molar-refractivity contribution is 5.90. The zero-order chi connectivity index (χ0) is 10.8. The molecule has 80 valence electrons. The van der Waals surface area contributed by atoms with Gasteiger partial charge in [-0.2, -0.15) is 0 Å². The molecule has 1 fully saturated rings. The molecule has 1 aliphatic heterocycles. The van der Waals surface area contributed by atoms with Gasteiger partial charge in [0.25, 0.3) is 0 Å². The van der Waals surface area contributed by atoms with E-state index < -0.39 is 0 Å². The van der Waals surface area contributed by atoms with Crippen LogP contribution in [0.25, 0.3) is 0 Å². The van der Waals surface area contributed by atoms with Crippen LogP contribution in [-0.2, 0) is 11.2 Å². The molecule has 0 atom stereocenters. The number of anilines is 2. The van der Waals surface area contributed by atoms with Crippen molar-refractivity contribution in [2.24, 2.45) is 0 Å². The molecule has 0 aromatic heterocycles. The lowest BCUT2D eigenvalue weighted by molar-refractivity contribution is 0.181. The van der Waals surface area contributed by atoms with Crippen molar-refractivity contribution < 1.29 is 9.53 Å². The standard InChI is InChI=1S/C11H14N2O2/c1-2-8-3-4-9(7-10(8)12)13-5-6-15-11(13)14/h3-4,7H,2,5-6,12H2,1H3. The Morgan fingerprint density at radius 1 is 1.53 bits per heavy atom. The number of hydrogen-bond acceptors (Lipinski definition) is 3. The summed E-state index contributed by atoms with van der Waals surface area (Å²) in [6, 6.07) is 5.68. The maximum absolute atomic E-state index is 11.3. The first kappa shape index (κ1) is 9.83. The average molecular weight is 206 g/mol. The highest BCUT2D eigenvalue weighted by Gasteiger charge is 2.23. The van der Waals surface area contributed by atoms with Crippen molar-refractivity contribution in [3.05, 3.63) is 23.8 Å². The summed E-state index contributed by atoms with van der Waals surface area (Å²) in [5.41, 5.74) is 8.51. The number of hydrogen-bond donors (Lipinski definition) is 1. The second kappa shape index (κ2) is 3.81. The molecule has 2 rings (SSSR count). The van der Waals surface area contributed by atoms with Gasteiger partial charge in [0.15, 0.2) is 0 Å². The van der Waals surface area contributed by atoms with Crippen LogP contribution in [0.3, 0.4) is 0 Å². The van der Waals surface area contributed by atoms with Crippen molar-refractivity contribution in [3.8, 4) is 0 Å². The maximum Gasteiger partial charge on any atom is 0.414 e. The molecule has 2 N–H and O–H groups in total. The van der Waals surface area contributed by atoms with E-state index in [2.05, 4.69) is 6.92 Å². The average Bonchev–Trinajstić information content (AvgIpc) is 2.64. The Morgan fingerprint density at radius 3 is 2.87 bits per heavy atom. The van der Waals surface area contributed by atoms with Crippen LogP contribution in [0.4, 0.5) is 16.2 Å². The predicted molar refractivity (Wildman–Crippen MR) is 58.9 cm³/mol. The van der Waals surface area contributed by atoms with Gasteiger partial charge < -0.3 is 10.5 Å². The van der Waals surface area contributed by atoms with Crippen LogP contribution in [0.1, 0.15) is 12.5 Å². The molecular formula is C11H14N2O2. The maximum atomic E-state index is 11.3. The van der Waals surface area contributed by atoms with Gasteiger partial charge in [-0.15, -0.1) is 0 Å². The smallest absolute Gasteiger partial charge is 0.414 e. The summed E-state index contributed by atoms with van der Waals surface area (Å²) in [7, 11) is 0. The third-order valence-electron chi connectivity index (χ3n) is 2.58. The summed E-state index contributed by atoms with van der Waals surface area (Å²) < 4.78 is 4.86. The molecule has 0 spiro atoms. The van der Waals surface area contributed by atoms with Gasteiger partial charge in [0.1, 0.15) is 6.61 Å². The molecule has 4 nitrogen and oxygen atoms in total. The summed E-state index contributed by atoms with van der Waals surface area (Å²) >= 11 is 0. The van der Waals surface area contributed by atoms with Crippen molar-refractivity contribution in [2.75, 3.05) is 23.8 Å². The normalized spacial score (nSPS) is 15.5. The molecule has 1 aliphatic rings. The Labute approximate surface area is 88.6 Å². The molecule has 0 aliphatic carbocycles. The number of amides is 1. The second-order valence-corrected chi connectivity index (χ2v) is 3.50. The van der Waals surface area contributed by atoms with Crippen LogP contribution in [0, 0.1) is 0 Å². The fourth-order valence-electron chi connectivity index (χ4n) is 1.70. The van der Waals surface area contributed by atoms with E-state index in [0.29, 0.717) is 13.2 Å². The molecule has 0 radical (unpaired) electrons. The second-order valence-electron chi connectivity index (χ2n) is 3.50. The Bertz CT molecular complexity index is 390. The zero-order valence-corrected chi connectivity index (χ0v) is 8.69. The first-order valence-electron chi connectivity index (χ1n) is 5.05. The summed E-state index contributed by atoms with van der Waals surface area (Å²) in [6.07, 6.45) is 0.606. The molecule has 0 unspecified atom stereocenters. The van der Waals surface area contributed by atoms with E-state index in [-0.39, 0.29) is 6.09 Å². The number of nitrogen functional groups attached to an aromatic ring is 1. The minimum atomic E-state index is -0.293. The molecule has 1 aromatic carbocycles. The quantitative estimate of drug-likeness (QED) is 0.750. The van der Waals surface area contributed by atoms with E-state index in [1.807, 2.05) is 18.2 Å². The summed E-state index contributed by atoms with van der Waals surface area (Å²) in [4.78, 5) is 12.9. The molecular weight excluding hydrogens is 192 g/mol. The van der Waals surface area contributed by atoms with Crippen molar-refractivity contribution in [1.29, 1.82) is 0 Å². The first-order chi connectivity index (χ1) is 7.22. The van der Waals surface area contributed by atoms with Gasteiger partial charge in [0, 0.05) is 11.4 Å². The molecule has 0 bridgehead atoms. The van der Waals surface area contributed by atoms with E-state index in [4.69, 9.17) is 10.5 Å². The van der Waals surface area contributed by atoms with Gasteiger partial charge in [-0.1, -0.05) is 13.0 Å². The largest absolute Gasteiger partial charge is 0.447 e. The van der Waals surface area contributed by atoms with Gasteiger partial charge in [-0.3, -0.25) is 4.90 Å². The highest BCUT2D eigenvalue weighted by atomic mass is 16.6. The van der Waals surface area contributed by atoms with Crippen LogP contribution in [0.5, 0.6) is 0 Å². The number of cyclic esters (lactones) is 1. The number of benzene rings is 1. The monoisotopic (exact) mass is 206 g/mol. The minimum absolute atomic E-state index is 0.293. The Hall–Kier alpha value is -1.71. The van der Waals surface area contributed by atoms with Crippen LogP contribution < -0.4 is 10.6 Å². The van der Waals surface area contributed by atoms with Crippen LogP contribution in [0.2, 0.25) is 0 Å².